The maximum absolute atomic E-state index is 14.0. The summed E-state index contributed by atoms with van der Waals surface area (Å²) >= 11 is 0. The van der Waals surface area contributed by atoms with Crippen LogP contribution in [0, 0.1) is 17.6 Å². The average molecular weight is 433 g/mol. The van der Waals surface area contributed by atoms with Crippen molar-refractivity contribution in [1.29, 1.82) is 0 Å². The summed E-state index contributed by atoms with van der Waals surface area (Å²) in [6, 6.07) is 9.24. The third-order valence-electron chi connectivity index (χ3n) is 5.71. The van der Waals surface area contributed by atoms with E-state index in [1.54, 1.807) is 20.3 Å². The third kappa shape index (κ3) is 5.34. The van der Waals surface area contributed by atoms with Crippen LogP contribution in [0.3, 0.4) is 0 Å². The summed E-state index contributed by atoms with van der Waals surface area (Å²) in [4.78, 5) is 17.1. The zero-order valence-corrected chi connectivity index (χ0v) is 18.5. The summed E-state index contributed by atoms with van der Waals surface area (Å²) in [6.07, 6.45) is 1.52. The zero-order chi connectivity index (χ0) is 22.5. The molecule has 0 spiro atoms. The molecule has 1 aliphatic heterocycles. The first kappa shape index (κ1) is 23.0. The molecule has 1 saturated heterocycles. The van der Waals surface area contributed by atoms with Crippen molar-refractivity contribution in [2.24, 2.45) is 5.92 Å². The van der Waals surface area contributed by atoms with E-state index in [0.29, 0.717) is 23.6 Å². The highest BCUT2D eigenvalue weighted by atomic mass is 19.1. The molecular formula is C24H30F2N2O3. The number of benzene rings is 2. The molecule has 0 bridgehead atoms. The Kier molecular flexibility index (Phi) is 7.49. The summed E-state index contributed by atoms with van der Waals surface area (Å²) in [5.41, 5.74) is 1.26. The molecule has 2 aromatic carbocycles. The highest BCUT2D eigenvalue weighted by Crippen LogP contribution is 2.34. The van der Waals surface area contributed by atoms with Crippen molar-refractivity contribution >= 4 is 11.6 Å². The first-order chi connectivity index (χ1) is 14.8. The van der Waals surface area contributed by atoms with Gasteiger partial charge < -0.3 is 14.4 Å². The van der Waals surface area contributed by atoms with Crippen LogP contribution in [0.1, 0.15) is 32.3 Å². The van der Waals surface area contributed by atoms with Crippen LogP contribution >= 0.6 is 0 Å². The second kappa shape index (κ2) is 10.1. The molecule has 1 amide bonds. The maximum Gasteiger partial charge on any atom is 0.229 e. The van der Waals surface area contributed by atoms with Crippen molar-refractivity contribution in [3.05, 3.63) is 53.6 Å². The van der Waals surface area contributed by atoms with Crippen molar-refractivity contribution in [2.45, 2.75) is 39.3 Å². The van der Waals surface area contributed by atoms with Gasteiger partial charge in [-0.3, -0.25) is 9.69 Å². The fourth-order valence-corrected chi connectivity index (χ4v) is 4.00. The van der Waals surface area contributed by atoms with E-state index in [1.165, 1.54) is 12.1 Å². The van der Waals surface area contributed by atoms with E-state index in [1.807, 2.05) is 30.9 Å². The minimum absolute atomic E-state index is 0.0299. The van der Waals surface area contributed by atoms with Gasteiger partial charge in [-0.1, -0.05) is 19.9 Å². The predicted molar refractivity (Wildman–Crippen MR) is 117 cm³/mol. The molecule has 0 unspecified atom stereocenters. The van der Waals surface area contributed by atoms with Gasteiger partial charge in [0.2, 0.25) is 5.91 Å². The summed E-state index contributed by atoms with van der Waals surface area (Å²) in [6.45, 7) is 5.64. The Labute approximate surface area is 182 Å². The quantitative estimate of drug-likeness (QED) is 0.640. The van der Waals surface area contributed by atoms with Crippen LogP contribution in [0.2, 0.25) is 0 Å². The van der Waals surface area contributed by atoms with Crippen LogP contribution in [-0.2, 0) is 11.3 Å². The van der Waals surface area contributed by atoms with Gasteiger partial charge in [0.1, 0.15) is 11.6 Å². The van der Waals surface area contributed by atoms with E-state index in [9.17, 15) is 13.6 Å². The number of methoxy groups -OCH3 is 2. The lowest BCUT2D eigenvalue weighted by atomic mass is 9.99. The van der Waals surface area contributed by atoms with Gasteiger partial charge in [-0.15, -0.1) is 0 Å². The number of hydrogen-bond acceptors (Lipinski definition) is 4. The monoisotopic (exact) mass is 432 g/mol. The molecular weight excluding hydrogens is 402 g/mol. The van der Waals surface area contributed by atoms with Gasteiger partial charge in [-0.25, -0.2) is 8.78 Å². The van der Waals surface area contributed by atoms with Crippen LogP contribution < -0.4 is 14.4 Å². The Hall–Kier alpha value is -2.67. The number of hydrogen-bond donors (Lipinski definition) is 0. The number of halogens is 2. The number of anilines is 1. The number of carbonyl (C=O) groups is 1. The zero-order valence-electron chi connectivity index (χ0n) is 18.5. The van der Waals surface area contributed by atoms with Crippen molar-refractivity contribution in [3.8, 4) is 11.5 Å². The smallest absolute Gasteiger partial charge is 0.229 e. The van der Waals surface area contributed by atoms with Crippen molar-refractivity contribution in [3.63, 3.8) is 0 Å². The molecule has 7 heteroatoms. The summed E-state index contributed by atoms with van der Waals surface area (Å²) in [5.74, 6) is -0.0124. The van der Waals surface area contributed by atoms with Crippen molar-refractivity contribution < 1.29 is 23.0 Å². The van der Waals surface area contributed by atoms with E-state index in [0.717, 1.165) is 37.7 Å². The molecule has 1 fully saturated rings. The van der Waals surface area contributed by atoms with E-state index < -0.39 is 11.6 Å². The highest BCUT2D eigenvalue weighted by Gasteiger charge is 2.31. The minimum Gasteiger partial charge on any atom is -0.493 e. The first-order valence-electron chi connectivity index (χ1n) is 10.6. The van der Waals surface area contributed by atoms with Gasteiger partial charge in [0.25, 0.3) is 0 Å². The van der Waals surface area contributed by atoms with E-state index in [-0.39, 0.29) is 17.9 Å². The van der Waals surface area contributed by atoms with Crippen LogP contribution in [-0.4, -0.2) is 44.2 Å². The molecule has 5 nitrogen and oxygen atoms in total. The highest BCUT2D eigenvalue weighted by molar-refractivity contribution is 5.95. The molecule has 1 aliphatic rings. The van der Waals surface area contributed by atoms with Gasteiger partial charge in [0.05, 0.1) is 14.2 Å². The number of likely N-dealkylation sites (tertiary alicyclic amines) is 1. The third-order valence-corrected chi connectivity index (χ3v) is 5.71. The van der Waals surface area contributed by atoms with Crippen LogP contribution in [0.5, 0.6) is 11.5 Å². The second-order valence-electron chi connectivity index (χ2n) is 8.15. The molecule has 0 radical (unpaired) electrons. The number of ether oxygens (including phenoxy) is 2. The molecule has 3 rings (SSSR count). The van der Waals surface area contributed by atoms with Gasteiger partial charge >= 0.3 is 0 Å². The molecule has 0 saturated carbocycles. The normalized spacial score (nSPS) is 15.2. The molecule has 0 N–H and O–H groups in total. The Balaban J connectivity index is 1.75. The van der Waals surface area contributed by atoms with Crippen molar-refractivity contribution in [1.82, 2.24) is 4.90 Å². The Morgan fingerprint density at radius 2 is 1.74 bits per heavy atom. The molecule has 0 aliphatic carbocycles. The van der Waals surface area contributed by atoms with E-state index in [4.69, 9.17) is 9.47 Å². The fraction of sp³-hybridized carbons (Fsp3) is 0.458. The first-order valence-corrected chi connectivity index (χ1v) is 10.6. The Morgan fingerprint density at radius 1 is 1.06 bits per heavy atom. The van der Waals surface area contributed by atoms with E-state index in [2.05, 4.69) is 4.90 Å². The van der Waals surface area contributed by atoms with Gasteiger partial charge in [0, 0.05) is 55.0 Å². The van der Waals surface area contributed by atoms with Gasteiger partial charge in [-0.05, 0) is 31.0 Å². The molecule has 0 aromatic heterocycles. The number of nitrogens with zero attached hydrogens (tertiary/aromatic N) is 2. The van der Waals surface area contributed by atoms with Crippen LogP contribution in [0.4, 0.5) is 14.5 Å². The average Bonchev–Trinajstić information content (AvgIpc) is 2.76. The van der Waals surface area contributed by atoms with Crippen molar-refractivity contribution in [2.75, 3.05) is 32.2 Å². The molecule has 2 aromatic rings. The number of piperidine rings is 1. The largest absolute Gasteiger partial charge is 0.493 e. The fourth-order valence-electron chi connectivity index (χ4n) is 4.00. The van der Waals surface area contributed by atoms with E-state index >= 15 is 0 Å². The topological polar surface area (TPSA) is 42.0 Å². The SMILES string of the molecule is COc1ccc(N(C(=O)C(C)C)C2CCN(Cc3ccc(F)cc3F)CC2)cc1OC. The molecule has 1 heterocycles. The second-order valence-corrected chi connectivity index (χ2v) is 8.15. The number of amides is 1. The lowest BCUT2D eigenvalue weighted by Gasteiger charge is -2.39. The van der Waals surface area contributed by atoms with Crippen LogP contribution in [0.15, 0.2) is 36.4 Å². The summed E-state index contributed by atoms with van der Waals surface area (Å²) in [5, 5.41) is 0. The standard InChI is InChI=1S/C24H30F2N2O3/c1-16(2)24(29)28(20-7-8-22(30-3)23(14-20)31-4)19-9-11-27(12-10-19)15-17-5-6-18(25)13-21(17)26/h5-8,13-14,16,19H,9-12,15H2,1-4H3. The lowest BCUT2D eigenvalue weighted by molar-refractivity contribution is -0.122. The number of carbonyl (C=O) groups excluding carboxylic acids is 1. The Morgan fingerprint density at radius 3 is 2.32 bits per heavy atom. The lowest BCUT2D eigenvalue weighted by Crippen LogP contribution is -2.48. The molecule has 0 atom stereocenters. The Bertz CT molecular complexity index is 912. The van der Waals surface area contributed by atoms with Gasteiger partial charge in [0.15, 0.2) is 11.5 Å². The summed E-state index contributed by atoms with van der Waals surface area (Å²) in [7, 11) is 3.15. The molecule has 168 valence electrons. The minimum atomic E-state index is -0.572. The predicted octanol–water partition coefficient (Wildman–Crippen LogP) is 4.64. The molecule has 31 heavy (non-hydrogen) atoms. The van der Waals surface area contributed by atoms with Gasteiger partial charge in [-0.2, -0.15) is 0 Å². The number of rotatable bonds is 7. The maximum atomic E-state index is 14.0. The summed E-state index contributed by atoms with van der Waals surface area (Å²) < 4.78 is 37.9. The van der Waals surface area contributed by atoms with Crippen LogP contribution in [0.25, 0.3) is 0 Å².